The molecule has 10 rings (SSSR count). The monoisotopic (exact) mass is 623 g/mol. The van der Waals surface area contributed by atoms with E-state index < -0.39 is 5.41 Å². The normalized spacial score (nSPS) is 13.1. The summed E-state index contributed by atoms with van der Waals surface area (Å²) in [5, 5.41) is 0. The number of hydrogen-bond donors (Lipinski definition) is 0. The Balaban J connectivity index is 1.22. The van der Waals surface area contributed by atoms with Gasteiger partial charge < -0.3 is 0 Å². The number of rotatable bonds is 4. The van der Waals surface area contributed by atoms with Crippen LogP contribution in [0.4, 0.5) is 0 Å². The average molecular weight is 624 g/mol. The van der Waals surface area contributed by atoms with Crippen molar-refractivity contribution in [1.82, 2.24) is 15.0 Å². The van der Waals surface area contributed by atoms with Gasteiger partial charge in [0, 0.05) is 29.1 Å². The Morgan fingerprint density at radius 2 is 0.918 bits per heavy atom. The average Bonchev–Trinajstić information content (AvgIpc) is 3.66. The minimum absolute atomic E-state index is 0.407. The molecular formula is C46H29N3. The quantitative estimate of drug-likeness (QED) is 0.196. The highest BCUT2D eigenvalue weighted by atomic mass is 14.9. The van der Waals surface area contributed by atoms with Crippen LogP contribution >= 0.6 is 0 Å². The van der Waals surface area contributed by atoms with Crippen molar-refractivity contribution >= 4 is 0 Å². The van der Waals surface area contributed by atoms with Crippen molar-refractivity contribution in [1.29, 1.82) is 0 Å². The second-order valence-corrected chi connectivity index (χ2v) is 12.8. The third-order valence-electron chi connectivity index (χ3n) is 10.2. The van der Waals surface area contributed by atoms with Crippen molar-refractivity contribution in [2.75, 3.05) is 0 Å². The Bertz CT molecular complexity index is 2490. The fourth-order valence-electron chi connectivity index (χ4n) is 8.17. The SMILES string of the molecule is c1ccc(-c2nc(-c3ccc(-c4cccnc4)cc3)cc(-c3cccc4c3-c3ccccc3C43c4ccccc4-c4ccccc43)n2)cc1. The lowest BCUT2D eigenvalue weighted by atomic mass is 9.70. The van der Waals surface area contributed by atoms with Gasteiger partial charge in [0.15, 0.2) is 5.82 Å². The van der Waals surface area contributed by atoms with Crippen LogP contribution < -0.4 is 0 Å². The molecular weight excluding hydrogens is 595 g/mol. The van der Waals surface area contributed by atoms with E-state index in [9.17, 15) is 0 Å². The Kier molecular flexibility index (Phi) is 6.09. The van der Waals surface area contributed by atoms with Gasteiger partial charge in [0.25, 0.3) is 0 Å². The summed E-state index contributed by atoms with van der Waals surface area (Å²) in [6.45, 7) is 0. The number of nitrogens with zero attached hydrogens (tertiary/aromatic N) is 3. The summed E-state index contributed by atoms with van der Waals surface area (Å²) in [5.74, 6) is 0.708. The maximum Gasteiger partial charge on any atom is 0.160 e. The Morgan fingerprint density at radius 3 is 1.61 bits per heavy atom. The highest BCUT2D eigenvalue weighted by Gasteiger charge is 2.52. The molecule has 2 heterocycles. The van der Waals surface area contributed by atoms with E-state index in [0.717, 1.165) is 39.2 Å². The molecule has 228 valence electrons. The predicted molar refractivity (Wildman–Crippen MR) is 198 cm³/mol. The van der Waals surface area contributed by atoms with Crippen LogP contribution in [0, 0.1) is 0 Å². The minimum atomic E-state index is -0.407. The highest BCUT2D eigenvalue weighted by Crippen LogP contribution is 2.63. The largest absolute Gasteiger partial charge is 0.264 e. The van der Waals surface area contributed by atoms with Crippen LogP contribution in [0.3, 0.4) is 0 Å². The van der Waals surface area contributed by atoms with Crippen LogP contribution in [-0.4, -0.2) is 15.0 Å². The lowest BCUT2D eigenvalue weighted by Gasteiger charge is -2.30. The van der Waals surface area contributed by atoms with Crippen LogP contribution in [0.1, 0.15) is 22.3 Å². The van der Waals surface area contributed by atoms with Gasteiger partial charge in [0.2, 0.25) is 0 Å². The van der Waals surface area contributed by atoms with Crippen molar-refractivity contribution in [3.8, 4) is 67.3 Å². The molecule has 0 amide bonds. The molecule has 1 spiro atoms. The van der Waals surface area contributed by atoms with E-state index in [4.69, 9.17) is 9.97 Å². The molecule has 0 unspecified atom stereocenters. The first-order valence-corrected chi connectivity index (χ1v) is 16.7. The highest BCUT2D eigenvalue weighted by molar-refractivity contribution is 5.99. The second kappa shape index (κ2) is 10.8. The number of pyridine rings is 1. The van der Waals surface area contributed by atoms with Crippen molar-refractivity contribution in [2.24, 2.45) is 0 Å². The second-order valence-electron chi connectivity index (χ2n) is 12.8. The topological polar surface area (TPSA) is 38.7 Å². The van der Waals surface area contributed by atoms with E-state index in [1.54, 1.807) is 6.20 Å². The van der Waals surface area contributed by atoms with Crippen molar-refractivity contribution < 1.29 is 0 Å². The molecule has 8 aromatic rings. The van der Waals surface area contributed by atoms with Crippen LogP contribution in [0.2, 0.25) is 0 Å². The molecule has 2 aliphatic rings. The fourth-order valence-corrected chi connectivity index (χ4v) is 8.17. The van der Waals surface area contributed by atoms with Gasteiger partial charge in [-0.1, -0.05) is 152 Å². The van der Waals surface area contributed by atoms with Crippen molar-refractivity contribution in [2.45, 2.75) is 5.41 Å². The molecule has 0 N–H and O–H groups in total. The van der Waals surface area contributed by atoms with Crippen LogP contribution in [0.5, 0.6) is 0 Å². The molecule has 0 saturated carbocycles. The molecule has 3 heteroatoms. The van der Waals surface area contributed by atoms with E-state index in [0.29, 0.717) is 5.82 Å². The smallest absolute Gasteiger partial charge is 0.160 e. The maximum atomic E-state index is 5.30. The van der Waals surface area contributed by atoms with Gasteiger partial charge in [-0.15, -0.1) is 0 Å². The summed E-state index contributed by atoms with van der Waals surface area (Å²) in [6.07, 6.45) is 3.70. The summed E-state index contributed by atoms with van der Waals surface area (Å²) >= 11 is 0. The van der Waals surface area contributed by atoms with Crippen LogP contribution in [0.25, 0.3) is 67.3 Å². The zero-order valence-electron chi connectivity index (χ0n) is 26.6. The number of fused-ring (bicyclic) bond motifs is 10. The van der Waals surface area contributed by atoms with Gasteiger partial charge in [-0.2, -0.15) is 0 Å². The molecule has 0 atom stereocenters. The van der Waals surface area contributed by atoms with E-state index in [1.807, 2.05) is 30.5 Å². The molecule has 0 radical (unpaired) electrons. The first-order valence-electron chi connectivity index (χ1n) is 16.7. The lowest BCUT2D eigenvalue weighted by molar-refractivity contribution is 0.794. The minimum Gasteiger partial charge on any atom is -0.264 e. The molecule has 6 aromatic carbocycles. The summed E-state index contributed by atoms with van der Waals surface area (Å²) in [6, 6.07) is 58.7. The zero-order valence-corrected chi connectivity index (χ0v) is 26.6. The molecule has 2 aromatic heterocycles. The first kappa shape index (κ1) is 27.6. The van der Waals surface area contributed by atoms with Gasteiger partial charge in [-0.25, -0.2) is 9.97 Å². The zero-order chi connectivity index (χ0) is 32.4. The maximum absolute atomic E-state index is 5.30. The number of aromatic nitrogens is 3. The third-order valence-corrected chi connectivity index (χ3v) is 10.2. The summed E-state index contributed by atoms with van der Waals surface area (Å²) in [4.78, 5) is 14.8. The van der Waals surface area contributed by atoms with Gasteiger partial charge >= 0.3 is 0 Å². The first-order chi connectivity index (χ1) is 24.3. The van der Waals surface area contributed by atoms with Crippen LogP contribution in [-0.2, 0) is 5.41 Å². The molecule has 0 saturated heterocycles. The molecule has 0 fully saturated rings. The van der Waals surface area contributed by atoms with Gasteiger partial charge in [-0.05, 0) is 67.8 Å². The summed E-state index contributed by atoms with van der Waals surface area (Å²) in [5.41, 5.74) is 17.1. The van der Waals surface area contributed by atoms with Gasteiger partial charge in [-0.3, -0.25) is 4.98 Å². The number of hydrogen-bond acceptors (Lipinski definition) is 3. The fraction of sp³-hybridized carbons (Fsp3) is 0.0217. The standard InChI is InChI=1S/C46H29N3/c1-2-12-32(13-3-1)45-48-42(31-25-23-30(24-26-31)33-14-11-27-47-29-33)28-43(49-45)37-18-10-22-41-44(37)36-17-6-9-21-40(36)46(41)38-19-7-4-15-34(38)35-16-5-8-20-39(35)46/h1-29H. The molecule has 49 heavy (non-hydrogen) atoms. The van der Waals surface area contributed by atoms with Crippen molar-refractivity contribution in [3.63, 3.8) is 0 Å². The van der Waals surface area contributed by atoms with E-state index in [2.05, 4.69) is 145 Å². The van der Waals surface area contributed by atoms with Gasteiger partial charge in [0.05, 0.1) is 16.8 Å². The van der Waals surface area contributed by atoms with Crippen molar-refractivity contribution in [3.05, 3.63) is 198 Å². The molecule has 0 aliphatic heterocycles. The third kappa shape index (κ3) is 4.06. The summed E-state index contributed by atoms with van der Waals surface area (Å²) < 4.78 is 0. The molecule has 0 bridgehead atoms. The number of benzene rings is 6. The Labute approximate surface area is 285 Å². The Morgan fingerprint density at radius 1 is 0.367 bits per heavy atom. The Hall–Kier alpha value is -6.45. The van der Waals surface area contributed by atoms with E-state index >= 15 is 0 Å². The van der Waals surface area contributed by atoms with E-state index in [1.165, 1.54) is 44.5 Å². The predicted octanol–water partition coefficient (Wildman–Crippen LogP) is 10.9. The van der Waals surface area contributed by atoms with E-state index in [-0.39, 0.29) is 0 Å². The lowest BCUT2D eigenvalue weighted by Crippen LogP contribution is -2.25. The molecule has 2 aliphatic carbocycles. The summed E-state index contributed by atoms with van der Waals surface area (Å²) in [7, 11) is 0. The molecule has 3 nitrogen and oxygen atoms in total. The van der Waals surface area contributed by atoms with Crippen LogP contribution in [0.15, 0.2) is 176 Å². The van der Waals surface area contributed by atoms with Gasteiger partial charge in [0.1, 0.15) is 0 Å².